The van der Waals surface area contributed by atoms with E-state index in [0.717, 1.165) is 31.4 Å². The molecule has 0 aliphatic carbocycles. The van der Waals surface area contributed by atoms with Crippen molar-refractivity contribution < 1.29 is 18.8 Å². The van der Waals surface area contributed by atoms with Gasteiger partial charge < -0.3 is 24.4 Å². The Morgan fingerprint density at radius 3 is 2.47 bits per heavy atom. The van der Waals surface area contributed by atoms with E-state index in [-0.39, 0.29) is 36.7 Å². The van der Waals surface area contributed by atoms with E-state index in [2.05, 4.69) is 24.1 Å². The molecular weight excluding hydrogens is 456 g/mol. The summed E-state index contributed by atoms with van der Waals surface area (Å²) in [6, 6.07) is 13.5. The summed E-state index contributed by atoms with van der Waals surface area (Å²) in [5.74, 6) is 0.674. The van der Waals surface area contributed by atoms with Gasteiger partial charge in [-0.1, -0.05) is 44.9 Å². The minimum Gasteiger partial charge on any atom is -0.467 e. The monoisotopic (exact) mass is 494 g/mol. The highest BCUT2D eigenvalue weighted by molar-refractivity contribution is 5.96. The molecule has 1 unspecified atom stereocenters. The number of carbonyl (C=O) groups excluding carboxylic acids is 3. The van der Waals surface area contributed by atoms with Crippen LogP contribution in [0, 0.1) is 5.92 Å². The topological polar surface area (TPSA) is 86.1 Å². The molecule has 2 fully saturated rings. The second-order valence-corrected chi connectivity index (χ2v) is 9.87. The maximum atomic E-state index is 13.8. The summed E-state index contributed by atoms with van der Waals surface area (Å²) in [5.41, 5.74) is 0.211. The van der Waals surface area contributed by atoms with Gasteiger partial charge in [0.05, 0.1) is 19.5 Å². The maximum absolute atomic E-state index is 13.8. The van der Waals surface area contributed by atoms with E-state index < -0.39 is 5.54 Å². The molecule has 194 valence electrons. The van der Waals surface area contributed by atoms with Crippen LogP contribution in [0.5, 0.6) is 0 Å². The van der Waals surface area contributed by atoms with Crippen LogP contribution in [0.2, 0.25) is 0 Å². The summed E-state index contributed by atoms with van der Waals surface area (Å²) in [4.78, 5) is 45.4. The van der Waals surface area contributed by atoms with E-state index in [1.165, 1.54) is 0 Å². The zero-order valence-electron chi connectivity index (χ0n) is 21.4. The summed E-state index contributed by atoms with van der Waals surface area (Å²) in [7, 11) is 0. The number of para-hydroxylation sites is 1. The summed E-state index contributed by atoms with van der Waals surface area (Å²) in [6.45, 7) is 5.95. The number of hydrogen-bond acceptors (Lipinski definition) is 5. The number of likely N-dealkylation sites (tertiary alicyclic amines) is 1. The van der Waals surface area contributed by atoms with Crippen molar-refractivity contribution in [2.45, 2.75) is 64.5 Å². The number of unbranched alkanes of at least 4 members (excludes halogenated alkanes) is 1. The molecule has 2 aromatic rings. The number of piperidine rings is 1. The van der Waals surface area contributed by atoms with Gasteiger partial charge in [0, 0.05) is 24.7 Å². The molecule has 2 saturated heterocycles. The Morgan fingerprint density at radius 2 is 1.83 bits per heavy atom. The molecule has 1 spiro atoms. The second-order valence-electron chi connectivity index (χ2n) is 9.87. The Morgan fingerprint density at radius 1 is 1.08 bits per heavy atom. The third kappa shape index (κ3) is 5.42. The SMILES string of the molecule is CCCCC(CC)C(=O)N1CCC2(CC1)C(=O)N(CC(=O)NCc1ccco1)CN2c1ccccc1. The highest BCUT2D eigenvalue weighted by Crippen LogP contribution is 2.39. The number of carbonyl (C=O) groups is 3. The molecule has 1 aromatic carbocycles. The van der Waals surface area contributed by atoms with Gasteiger partial charge >= 0.3 is 0 Å². The number of nitrogens with one attached hydrogen (secondary N) is 1. The van der Waals surface area contributed by atoms with Crippen LogP contribution in [0.25, 0.3) is 0 Å². The van der Waals surface area contributed by atoms with Crippen molar-refractivity contribution in [3.63, 3.8) is 0 Å². The van der Waals surface area contributed by atoms with E-state index in [0.29, 0.717) is 38.4 Å². The summed E-state index contributed by atoms with van der Waals surface area (Å²) < 4.78 is 5.28. The fourth-order valence-corrected chi connectivity index (χ4v) is 5.46. The fourth-order valence-electron chi connectivity index (χ4n) is 5.46. The van der Waals surface area contributed by atoms with E-state index in [1.54, 1.807) is 23.3 Å². The van der Waals surface area contributed by atoms with Crippen molar-refractivity contribution in [1.82, 2.24) is 15.1 Å². The standard InChI is InChI=1S/C28H38N4O4/c1-3-5-10-22(4-2)26(34)30-16-14-28(15-17-30)27(35)31(21-32(28)23-11-7-6-8-12-23)20-25(33)29-19-24-13-9-18-36-24/h6-9,11-13,18,22H,3-5,10,14-17,19-21H2,1-2H3,(H,29,33). The Balaban J connectivity index is 1.46. The largest absolute Gasteiger partial charge is 0.467 e. The second kappa shape index (κ2) is 11.6. The molecule has 1 N–H and O–H groups in total. The summed E-state index contributed by atoms with van der Waals surface area (Å²) >= 11 is 0. The van der Waals surface area contributed by atoms with Crippen molar-refractivity contribution in [2.75, 3.05) is 31.2 Å². The zero-order valence-corrected chi connectivity index (χ0v) is 21.4. The lowest BCUT2D eigenvalue weighted by atomic mass is 9.84. The molecule has 3 amide bonds. The molecule has 8 nitrogen and oxygen atoms in total. The van der Waals surface area contributed by atoms with Crippen LogP contribution >= 0.6 is 0 Å². The van der Waals surface area contributed by atoms with E-state index in [9.17, 15) is 14.4 Å². The van der Waals surface area contributed by atoms with Crippen LogP contribution in [0.15, 0.2) is 53.1 Å². The number of rotatable bonds is 10. The van der Waals surface area contributed by atoms with Gasteiger partial charge in [0.2, 0.25) is 11.8 Å². The molecule has 0 bridgehead atoms. The van der Waals surface area contributed by atoms with Crippen LogP contribution in [0.3, 0.4) is 0 Å². The number of furan rings is 1. The van der Waals surface area contributed by atoms with Gasteiger partial charge in [-0.05, 0) is 49.9 Å². The van der Waals surface area contributed by atoms with Gasteiger partial charge in [-0.2, -0.15) is 0 Å². The highest BCUT2D eigenvalue weighted by atomic mass is 16.3. The van der Waals surface area contributed by atoms with Crippen molar-refractivity contribution in [2.24, 2.45) is 5.92 Å². The first-order chi connectivity index (χ1) is 17.5. The number of amides is 3. The fraction of sp³-hybridized carbons (Fsp3) is 0.536. The zero-order chi connectivity index (χ0) is 25.5. The first-order valence-electron chi connectivity index (χ1n) is 13.2. The summed E-state index contributed by atoms with van der Waals surface area (Å²) in [6.07, 6.45) is 6.58. The third-order valence-corrected chi connectivity index (χ3v) is 7.61. The van der Waals surface area contributed by atoms with Crippen molar-refractivity contribution in [3.8, 4) is 0 Å². The van der Waals surface area contributed by atoms with Crippen LogP contribution in [0.4, 0.5) is 5.69 Å². The number of benzene rings is 1. The molecule has 0 radical (unpaired) electrons. The Bertz CT molecular complexity index is 1020. The van der Waals surface area contributed by atoms with Crippen LogP contribution in [0.1, 0.15) is 58.1 Å². The molecule has 8 heteroatoms. The van der Waals surface area contributed by atoms with Gasteiger partial charge in [0.15, 0.2) is 0 Å². The first-order valence-corrected chi connectivity index (χ1v) is 13.2. The van der Waals surface area contributed by atoms with E-state index in [1.807, 2.05) is 35.2 Å². The predicted octanol–water partition coefficient (Wildman–Crippen LogP) is 3.78. The van der Waals surface area contributed by atoms with Gasteiger partial charge in [-0.15, -0.1) is 0 Å². The predicted molar refractivity (Wildman–Crippen MR) is 138 cm³/mol. The van der Waals surface area contributed by atoms with Crippen LogP contribution in [-0.2, 0) is 20.9 Å². The normalized spacial score (nSPS) is 18.1. The van der Waals surface area contributed by atoms with Gasteiger partial charge in [-0.25, -0.2) is 0 Å². The minimum absolute atomic E-state index is 0.0117. The molecule has 1 atom stereocenters. The Kier molecular flexibility index (Phi) is 8.33. The van der Waals surface area contributed by atoms with Gasteiger partial charge in [0.1, 0.15) is 17.8 Å². The highest BCUT2D eigenvalue weighted by Gasteiger charge is 2.54. The molecule has 2 aliphatic heterocycles. The number of hydrogen-bond donors (Lipinski definition) is 1. The molecule has 36 heavy (non-hydrogen) atoms. The number of anilines is 1. The number of nitrogens with zero attached hydrogens (tertiary/aromatic N) is 3. The van der Waals surface area contributed by atoms with Crippen LogP contribution in [-0.4, -0.2) is 59.4 Å². The molecule has 3 heterocycles. The molecule has 2 aliphatic rings. The average Bonchev–Trinajstić information content (AvgIpc) is 3.52. The van der Waals surface area contributed by atoms with Crippen molar-refractivity contribution in [3.05, 3.63) is 54.5 Å². The molecular formula is C28H38N4O4. The van der Waals surface area contributed by atoms with Crippen LogP contribution < -0.4 is 10.2 Å². The molecule has 1 aromatic heterocycles. The molecule has 0 saturated carbocycles. The lowest BCUT2D eigenvalue weighted by Crippen LogP contribution is -2.58. The van der Waals surface area contributed by atoms with Gasteiger partial charge in [0.25, 0.3) is 5.91 Å². The van der Waals surface area contributed by atoms with Gasteiger partial charge in [-0.3, -0.25) is 14.4 Å². The summed E-state index contributed by atoms with van der Waals surface area (Å²) in [5, 5.41) is 2.84. The Labute approximate surface area is 213 Å². The van der Waals surface area contributed by atoms with E-state index in [4.69, 9.17) is 4.42 Å². The maximum Gasteiger partial charge on any atom is 0.250 e. The third-order valence-electron chi connectivity index (χ3n) is 7.61. The lowest BCUT2D eigenvalue weighted by Gasteiger charge is -2.44. The lowest BCUT2D eigenvalue weighted by molar-refractivity contribution is -0.142. The first kappa shape index (κ1) is 25.8. The minimum atomic E-state index is -0.745. The smallest absolute Gasteiger partial charge is 0.250 e. The van der Waals surface area contributed by atoms with Crippen molar-refractivity contribution >= 4 is 23.4 Å². The van der Waals surface area contributed by atoms with E-state index >= 15 is 0 Å². The Hall–Kier alpha value is -3.29. The average molecular weight is 495 g/mol. The quantitative estimate of drug-likeness (QED) is 0.543. The molecule has 4 rings (SSSR count). The van der Waals surface area contributed by atoms with Crippen molar-refractivity contribution in [1.29, 1.82) is 0 Å².